The van der Waals surface area contributed by atoms with Gasteiger partial charge in [0.2, 0.25) is 0 Å². The van der Waals surface area contributed by atoms with Gasteiger partial charge in [0.1, 0.15) is 5.82 Å². The fourth-order valence-electron chi connectivity index (χ4n) is 6.83. The number of nitrogens with zero attached hydrogens (tertiary/aromatic N) is 2. The summed E-state index contributed by atoms with van der Waals surface area (Å²) in [6, 6.07) is 50.7. The number of para-hydroxylation sites is 3. The summed E-state index contributed by atoms with van der Waals surface area (Å²) in [6.45, 7) is 2.15. The summed E-state index contributed by atoms with van der Waals surface area (Å²) in [5.74, 6) is 0.963. The zero-order valence-corrected chi connectivity index (χ0v) is 23.2. The molecule has 42 heavy (non-hydrogen) atoms. The molecule has 0 fully saturated rings. The number of fused-ring (bicyclic) bond motifs is 2. The number of hydrogen-bond acceptors (Lipinski definition) is 1. The van der Waals surface area contributed by atoms with Crippen LogP contribution in [0.15, 0.2) is 140 Å². The molecule has 0 aliphatic carbocycles. The third-order valence-corrected chi connectivity index (χ3v) is 8.79. The maximum absolute atomic E-state index is 5.20. The SMILES string of the molecule is Cc1ccc2cc(-c3ccc4ccc5c(-c6nc7ccccc7n6-c6ccccc6)ccc6ccc3c4c65)ccc2c1. The predicted octanol–water partition coefficient (Wildman–Crippen LogP) is 10.7. The maximum Gasteiger partial charge on any atom is 0.146 e. The van der Waals surface area contributed by atoms with Gasteiger partial charge in [-0.15, -0.1) is 0 Å². The second-order valence-electron chi connectivity index (χ2n) is 11.3. The van der Waals surface area contributed by atoms with Crippen LogP contribution >= 0.6 is 0 Å². The summed E-state index contributed by atoms with van der Waals surface area (Å²) in [5, 5.41) is 10.2. The first-order valence-electron chi connectivity index (χ1n) is 14.5. The number of aromatic nitrogens is 2. The molecule has 0 saturated carbocycles. The van der Waals surface area contributed by atoms with Crippen molar-refractivity contribution in [2.45, 2.75) is 6.92 Å². The molecule has 0 spiro atoms. The van der Waals surface area contributed by atoms with Crippen molar-refractivity contribution in [2.75, 3.05) is 0 Å². The number of rotatable bonds is 3. The van der Waals surface area contributed by atoms with Gasteiger partial charge in [0.25, 0.3) is 0 Å². The lowest BCUT2D eigenvalue weighted by atomic mass is 9.88. The van der Waals surface area contributed by atoms with Gasteiger partial charge in [-0.2, -0.15) is 0 Å². The van der Waals surface area contributed by atoms with Crippen LogP contribution in [0, 0.1) is 6.92 Å². The maximum atomic E-state index is 5.20. The topological polar surface area (TPSA) is 17.8 Å². The van der Waals surface area contributed by atoms with E-state index in [-0.39, 0.29) is 0 Å². The van der Waals surface area contributed by atoms with E-state index in [9.17, 15) is 0 Å². The zero-order valence-electron chi connectivity index (χ0n) is 23.2. The second kappa shape index (κ2) is 8.76. The Morgan fingerprint density at radius 3 is 1.93 bits per heavy atom. The molecule has 0 bridgehead atoms. The van der Waals surface area contributed by atoms with Crippen molar-refractivity contribution < 1.29 is 0 Å². The van der Waals surface area contributed by atoms with E-state index >= 15 is 0 Å². The number of benzene rings is 8. The average Bonchev–Trinajstić information content (AvgIpc) is 3.43. The summed E-state index contributed by atoms with van der Waals surface area (Å²) in [7, 11) is 0. The molecular weight excluding hydrogens is 508 g/mol. The van der Waals surface area contributed by atoms with Crippen LogP contribution in [0.25, 0.3) is 82.3 Å². The fraction of sp³-hybridized carbons (Fsp3) is 0.0250. The van der Waals surface area contributed by atoms with E-state index in [2.05, 4.69) is 151 Å². The summed E-state index contributed by atoms with van der Waals surface area (Å²) in [6.07, 6.45) is 0. The summed E-state index contributed by atoms with van der Waals surface area (Å²) in [5.41, 5.74) is 8.16. The van der Waals surface area contributed by atoms with E-state index in [4.69, 9.17) is 4.98 Å². The van der Waals surface area contributed by atoms with Crippen molar-refractivity contribution in [1.82, 2.24) is 9.55 Å². The van der Waals surface area contributed by atoms with Crippen LogP contribution in [0.2, 0.25) is 0 Å². The Balaban J connectivity index is 1.33. The molecule has 2 nitrogen and oxygen atoms in total. The molecule has 0 unspecified atom stereocenters. The quantitative estimate of drug-likeness (QED) is 0.206. The zero-order chi connectivity index (χ0) is 27.8. The Bertz CT molecular complexity index is 2470. The molecule has 0 saturated heterocycles. The van der Waals surface area contributed by atoms with Crippen molar-refractivity contribution in [1.29, 1.82) is 0 Å². The first-order valence-corrected chi connectivity index (χ1v) is 14.5. The van der Waals surface area contributed by atoms with Gasteiger partial charge in [-0.25, -0.2) is 4.98 Å². The molecule has 0 atom stereocenters. The summed E-state index contributed by atoms with van der Waals surface area (Å²) < 4.78 is 2.30. The van der Waals surface area contributed by atoms with Crippen molar-refractivity contribution >= 4 is 54.1 Å². The lowest BCUT2D eigenvalue weighted by Gasteiger charge is -2.17. The Labute approximate surface area is 243 Å². The minimum absolute atomic E-state index is 0.963. The molecule has 2 heteroatoms. The van der Waals surface area contributed by atoms with Crippen molar-refractivity contribution in [2.24, 2.45) is 0 Å². The number of hydrogen-bond donors (Lipinski definition) is 0. The van der Waals surface area contributed by atoms with Gasteiger partial charge in [-0.3, -0.25) is 4.57 Å². The number of aryl methyl sites for hydroxylation is 1. The normalized spacial score (nSPS) is 11.9. The van der Waals surface area contributed by atoms with Crippen LogP contribution in [0.1, 0.15) is 5.56 Å². The highest BCUT2D eigenvalue weighted by atomic mass is 15.1. The van der Waals surface area contributed by atoms with E-state index < -0.39 is 0 Å². The van der Waals surface area contributed by atoms with Crippen LogP contribution in [0.3, 0.4) is 0 Å². The first-order chi connectivity index (χ1) is 20.7. The highest BCUT2D eigenvalue weighted by Gasteiger charge is 2.19. The Morgan fingerprint density at radius 1 is 0.500 bits per heavy atom. The smallest absolute Gasteiger partial charge is 0.146 e. The third-order valence-electron chi connectivity index (χ3n) is 8.79. The Kier molecular flexibility index (Phi) is 4.85. The predicted molar refractivity (Wildman–Crippen MR) is 178 cm³/mol. The molecule has 196 valence electrons. The van der Waals surface area contributed by atoms with E-state index in [0.717, 1.165) is 28.1 Å². The highest BCUT2D eigenvalue weighted by Crippen LogP contribution is 2.43. The molecule has 0 radical (unpaired) electrons. The van der Waals surface area contributed by atoms with E-state index in [0.29, 0.717) is 0 Å². The van der Waals surface area contributed by atoms with Crippen LogP contribution in [0.5, 0.6) is 0 Å². The molecule has 9 rings (SSSR count). The lowest BCUT2D eigenvalue weighted by molar-refractivity contribution is 1.11. The third kappa shape index (κ3) is 3.36. The van der Waals surface area contributed by atoms with Crippen LogP contribution in [-0.4, -0.2) is 9.55 Å². The molecule has 8 aromatic carbocycles. The Morgan fingerprint density at radius 2 is 1.12 bits per heavy atom. The fourth-order valence-corrected chi connectivity index (χ4v) is 6.83. The molecule has 9 aromatic rings. The van der Waals surface area contributed by atoms with Crippen molar-refractivity contribution in [3.63, 3.8) is 0 Å². The van der Waals surface area contributed by atoms with Gasteiger partial charge in [0.15, 0.2) is 0 Å². The first kappa shape index (κ1) is 23.3. The van der Waals surface area contributed by atoms with Gasteiger partial charge in [0.05, 0.1) is 11.0 Å². The molecule has 1 aromatic heterocycles. The Hall–Kier alpha value is -5.47. The molecule has 1 heterocycles. The summed E-state index contributed by atoms with van der Waals surface area (Å²) in [4.78, 5) is 5.20. The van der Waals surface area contributed by atoms with Crippen LogP contribution in [0.4, 0.5) is 0 Å². The highest BCUT2D eigenvalue weighted by molar-refractivity contribution is 6.27. The van der Waals surface area contributed by atoms with Crippen LogP contribution in [-0.2, 0) is 0 Å². The van der Waals surface area contributed by atoms with Gasteiger partial charge in [-0.05, 0) is 97.5 Å². The van der Waals surface area contributed by atoms with Gasteiger partial charge in [0, 0.05) is 11.3 Å². The molecule has 0 aliphatic rings. The van der Waals surface area contributed by atoms with E-state index in [1.807, 2.05) is 0 Å². The minimum Gasteiger partial charge on any atom is -0.292 e. The number of imidazole rings is 1. The van der Waals surface area contributed by atoms with Crippen molar-refractivity contribution in [3.8, 4) is 28.2 Å². The van der Waals surface area contributed by atoms with Gasteiger partial charge >= 0.3 is 0 Å². The second-order valence-corrected chi connectivity index (χ2v) is 11.3. The van der Waals surface area contributed by atoms with Gasteiger partial charge < -0.3 is 0 Å². The molecule has 0 N–H and O–H groups in total. The van der Waals surface area contributed by atoms with Crippen molar-refractivity contribution in [3.05, 3.63) is 145 Å². The monoisotopic (exact) mass is 534 g/mol. The largest absolute Gasteiger partial charge is 0.292 e. The van der Waals surface area contributed by atoms with Gasteiger partial charge in [-0.1, -0.05) is 109 Å². The lowest BCUT2D eigenvalue weighted by Crippen LogP contribution is -1.98. The van der Waals surface area contributed by atoms with E-state index in [1.165, 1.54) is 59.8 Å². The molecular formula is C40H26N2. The van der Waals surface area contributed by atoms with E-state index in [1.54, 1.807) is 0 Å². The average molecular weight is 535 g/mol. The minimum atomic E-state index is 0.963. The van der Waals surface area contributed by atoms with Crippen LogP contribution < -0.4 is 0 Å². The summed E-state index contributed by atoms with van der Waals surface area (Å²) >= 11 is 0. The standard InChI is InChI=1S/C40H26N2/c1-25-11-12-29-24-30(14-13-28(29)23-25)32-19-15-26-17-21-34-35(22-18-27-16-20-33(32)38(26)39(27)34)40-41-36-9-5-6-10-37(36)42(40)31-7-3-2-4-8-31/h2-24H,1H3. The molecule has 0 amide bonds. The molecule has 0 aliphatic heterocycles.